The van der Waals surface area contributed by atoms with Gasteiger partial charge in [-0.15, -0.1) is 0 Å². The Morgan fingerprint density at radius 1 is 0.839 bits per heavy atom. The molecule has 0 N–H and O–H groups in total. The number of esters is 1. The van der Waals surface area contributed by atoms with Crippen molar-refractivity contribution in [2.45, 2.75) is 13.0 Å². The minimum Gasteiger partial charge on any atom is -0.451 e. The molecule has 0 aromatic heterocycles. The molecule has 0 unspecified atom stereocenters. The minimum atomic E-state index is -1.01. The highest BCUT2D eigenvalue weighted by atomic mass is 35.5. The number of hydrogen-bond acceptors (Lipinski definition) is 5. The number of rotatable bonds is 5. The third kappa shape index (κ3) is 3.85. The van der Waals surface area contributed by atoms with Gasteiger partial charge in [-0.05, 0) is 49.4 Å². The highest BCUT2D eigenvalue weighted by Gasteiger charge is 2.37. The van der Waals surface area contributed by atoms with Crippen molar-refractivity contribution in [2.75, 3.05) is 4.90 Å². The SMILES string of the molecule is C[C@@H](OC(=O)c1ccc2c(c1)C(=O)N(c1ccc(Cl)cc1)C2=O)C(=O)c1ccccc1. The molecule has 0 aliphatic carbocycles. The van der Waals surface area contributed by atoms with Gasteiger partial charge in [0.1, 0.15) is 0 Å². The van der Waals surface area contributed by atoms with Crippen molar-refractivity contribution < 1.29 is 23.9 Å². The Kier molecular flexibility index (Phi) is 5.40. The summed E-state index contributed by atoms with van der Waals surface area (Å²) in [5.74, 6) is -2.14. The first-order chi connectivity index (χ1) is 14.9. The van der Waals surface area contributed by atoms with Gasteiger partial charge in [-0.3, -0.25) is 14.4 Å². The number of nitrogens with zero attached hydrogens (tertiary/aromatic N) is 1. The van der Waals surface area contributed by atoms with Crippen molar-refractivity contribution in [2.24, 2.45) is 0 Å². The molecule has 1 aliphatic heterocycles. The normalized spacial score (nSPS) is 13.7. The molecule has 3 aromatic rings. The van der Waals surface area contributed by atoms with E-state index in [-0.39, 0.29) is 22.5 Å². The van der Waals surface area contributed by atoms with Crippen molar-refractivity contribution in [3.05, 3.63) is 100 Å². The van der Waals surface area contributed by atoms with Crippen LogP contribution in [-0.4, -0.2) is 29.7 Å². The topological polar surface area (TPSA) is 80.8 Å². The molecule has 6 nitrogen and oxygen atoms in total. The van der Waals surface area contributed by atoms with Gasteiger partial charge in [0.15, 0.2) is 6.10 Å². The van der Waals surface area contributed by atoms with Gasteiger partial charge in [-0.25, -0.2) is 9.69 Å². The molecule has 1 atom stereocenters. The number of carbonyl (C=O) groups is 4. The van der Waals surface area contributed by atoms with E-state index in [4.69, 9.17) is 16.3 Å². The number of ketones is 1. The van der Waals surface area contributed by atoms with Crippen molar-refractivity contribution in [1.82, 2.24) is 0 Å². The highest BCUT2D eigenvalue weighted by Crippen LogP contribution is 2.30. The van der Waals surface area contributed by atoms with Crippen LogP contribution in [0.15, 0.2) is 72.8 Å². The van der Waals surface area contributed by atoms with E-state index >= 15 is 0 Å². The van der Waals surface area contributed by atoms with Crippen LogP contribution < -0.4 is 4.90 Å². The molecule has 1 aliphatic rings. The average Bonchev–Trinajstić information content (AvgIpc) is 3.04. The summed E-state index contributed by atoms with van der Waals surface area (Å²) in [6.45, 7) is 1.48. The molecule has 0 radical (unpaired) electrons. The molecule has 0 saturated heterocycles. The van der Waals surface area contributed by atoms with E-state index in [0.717, 1.165) is 4.90 Å². The second-order valence-corrected chi connectivity index (χ2v) is 7.40. The molecule has 0 spiro atoms. The van der Waals surface area contributed by atoms with Gasteiger partial charge in [0.25, 0.3) is 11.8 Å². The van der Waals surface area contributed by atoms with E-state index in [1.54, 1.807) is 54.6 Å². The van der Waals surface area contributed by atoms with Gasteiger partial charge in [-0.2, -0.15) is 0 Å². The molecule has 4 rings (SSSR count). The fraction of sp³-hybridized carbons (Fsp3) is 0.0833. The molecule has 0 fully saturated rings. The number of fused-ring (bicyclic) bond motifs is 1. The van der Waals surface area contributed by atoms with Gasteiger partial charge in [0, 0.05) is 10.6 Å². The maximum Gasteiger partial charge on any atom is 0.338 e. The van der Waals surface area contributed by atoms with Crippen molar-refractivity contribution in [1.29, 1.82) is 0 Å². The Labute approximate surface area is 183 Å². The maximum absolute atomic E-state index is 12.8. The van der Waals surface area contributed by atoms with E-state index in [2.05, 4.69) is 0 Å². The zero-order valence-electron chi connectivity index (χ0n) is 16.4. The average molecular weight is 434 g/mol. The molecule has 3 aromatic carbocycles. The van der Waals surface area contributed by atoms with E-state index in [9.17, 15) is 19.2 Å². The Bertz CT molecular complexity index is 1200. The van der Waals surface area contributed by atoms with Gasteiger partial charge < -0.3 is 4.74 Å². The second-order valence-electron chi connectivity index (χ2n) is 6.96. The largest absolute Gasteiger partial charge is 0.451 e. The molecular formula is C24H16ClNO5. The molecule has 1 heterocycles. The number of imide groups is 1. The second kappa shape index (κ2) is 8.16. The number of amides is 2. The quantitative estimate of drug-likeness (QED) is 0.334. The Morgan fingerprint density at radius 3 is 2.16 bits per heavy atom. The van der Waals surface area contributed by atoms with Crippen LogP contribution in [0.2, 0.25) is 5.02 Å². The number of halogens is 1. The van der Waals surface area contributed by atoms with E-state index in [0.29, 0.717) is 16.3 Å². The van der Waals surface area contributed by atoms with Gasteiger partial charge >= 0.3 is 5.97 Å². The van der Waals surface area contributed by atoms with Gasteiger partial charge in [0.2, 0.25) is 5.78 Å². The highest BCUT2D eigenvalue weighted by molar-refractivity contribution is 6.35. The number of carbonyl (C=O) groups excluding carboxylic acids is 4. The van der Waals surface area contributed by atoms with Crippen LogP contribution in [-0.2, 0) is 4.74 Å². The smallest absolute Gasteiger partial charge is 0.338 e. The summed E-state index contributed by atoms with van der Waals surface area (Å²) in [4.78, 5) is 51.6. The summed E-state index contributed by atoms with van der Waals surface area (Å²) >= 11 is 5.87. The van der Waals surface area contributed by atoms with E-state index in [1.807, 2.05) is 0 Å². The summed E-state index contributed by atoms with van der Waals surface area (Å²) in [5.41, 5.74) is 1.16. The zero-order chi connectivity index (χ0) is 22.1. The molecule has 154 valence electrons. The minimum absolute atomic E-state index is 0.0746. The van der Waals surface area contributed by atoms with E-state index in [1.165, 1.54) is 25.1 Å². The van der Waals surface area contributed by atoms with Crippen molar-refractivity contribution in [3.63, 3.8) is 0 Å². The summed E-state index contributed by atoms with van der Waals surface area (Å²) in [7, 11) is 0. The van der Waals surface area contributed by atoms with Crippen molar-refractivity contribution >= 4 is 40.9 Å². The first-order valence-electron chi connectivity index (χ1n) is 9.45. The van der Waals surface area contributed by atoms with Gasteiger partial charge in [-0.1, -0.05) is 41.9 Å². The fourth-order valence-corrected chi connectivity index (χ4v) is 3.44. The van der Waals surface area contributed by atoms with Crippen LogP contribution in [0.5, 0.6) is 0 Å². The summed E-state index contributed by atoms with van der Waals surface area (Å²) in [6.07, 6.45) is -1.01. The van der Waals surface area contributed by atoms with Crippen LogP contribution in [0, 0.1) is 0 Å². The Morgan fingerprint density at radius 2 is 1.48 bits per heavy atom. The van der Waals surface area contributed by atoms with Crippen LogP contribution in [0.25, 0.3) is 0 Å². The first kappa shape index (κ1) is 20.5. The number of anilines is 1. The first-order valence-corrected chi connectivity index (χ1v) is 9.83. The van der Waals surface area contributed by atoms with Crippen LogP contribution in [0.4, 0.5) is 5.69 Å². The molecule has 2 amide bonds. The molecule has 0 bridgehead atoms. The number of ether oxygens (including phenoxy) is 1. The molecule has 7 heteroatoms. The lowest BCUT2D eigenvalue weighted by atomic mass is 10.1. The Balaban J connectivity index is 1.55. The monoisotopic (exact) mass is 433 g/mol. The van der Waals surface area contributed by atoms with Crippen LogP contribution >= 0.6 is 11.6 Å². The van der Waals surface area contributed by atoms with E-state index < -0.39 is 23.9 Å². The van der Waals surface area contributed by atoms with Gasteiger partial charge in [0.05, 0.1) is 22.4 Å². The van der Waals surface area contributed by atoms with Crippen LogP contribution in [0.3, 0.4) is 0 Å². The molecule has 31 heavy (non-hydrogen) atoms. The number of benzene rings is 3. The summed E-state index contributed by atoms with van der Waals surface area (Å²) in [6, 6.07) is 18.9. The standard InChI is InChI=1S/C24H16ClNO5/c1-14(21(27)15-5-3-2-4-6-15)31-24(30)16-7-12-19-20(13-16)23(29)26(22(19)28)18-10-8-17(25)9-11-18/h2-14H,1H3/t14-/m1/s1. The lowest BCUT2D eigenvalue weighted by Crippen LogP contribution is -2.29. The fourth-order valence-electron chi connectivity index (χ4n) is 3.31. The molecular weight excluding hydrogens is 418 g/mol. The number of Topliss-reactive ketones (excluding diaryl/α,β-unsaturated/α-hetero) is 1. The van der Waals surface area contributed by atoms with Crippen LogP contribution in [0.1, 0.15) is 48.4 Å². The third-order valence-corrected chi connectivity index (χ3v) is 5.17. The predicted octanol–water partition coefficient (Wildman–Crippen LogP) is 4.57. The molecule has 0 saturated carbocycles. The predicted molar refractivity (Wildman–Crippen MR) is 115 cm³/mol. The lowest BCUT2D eigenvalue weighted by Gasteiger charge is -2.13. The maximum atomic E-state index is 12.8. The Hall–Kier alpha value is -3.77. The zero-order valence-corrected chi connectivity index (χ0v) is 17.1. The summed E-state index contributed by atoms with van der Waals surface area (Å²) < 4.78 is 5.29. The number of hydrogen-bond donors (Lipinski definition) is 0. The summed E-state index contributed by atoms with van der Waals surface area (Å²) in [5, 5.41) is 0.476. The third-order valence-electron chi connectivity index (χ3n) is 4.92. The lowest BCUT2D eigenvalue weighted by molar-refractivity contribution is 0.0318. The van der Waals surface area contributed by atoms with Crippen molar-refractivity contribution in [3.8, 4) is 0 Å².